The number of nitrogens with one attached hydrogen (secondary N) is 2. The molecule has 7 nitrogen and oxygen atoms in total. The van der Waals surface area contributed by atoms with Gasteiger partial charge in [-0.2, -0.15) is 5.10 Å². The number of hydrazone groups is 1. The van der Waals surface area contributed by atoms with Crippen LogP contribution in [0.25, 0.3) is 0 Å². The number of para-hydroxylation sites is 1. The molecule has 0 aliphatic carbocycles. The average Bonchev–Trinajstić information content (AvgIpc) is 2.62. The summed E-state index contributed by atoms with van der Waals surface area (Å²) in [5, 5.41) is 6.21. The van der Waals surface area contributed by atoms with Crippen LogP contribution in [0.1, 0.15) is 5.56 Å². The first-order valence-electron chi connectivity index (χ1n) is 7.05. The lowest BCUT2D eigenvalue weighted by Gasteiger charge is -2.06. The summed E-state index contributed by atoms with van der Waals surface area (Å²) in [4.78, 5) is 23.6. The highest BCUT2D eigenvalue weighted by molar-refractivity contribution is 6.39. The molecule has 0 heterocycles. The van der Waals surface area contributed by atoms with E-state index in [0.29, 0.717) is 22.7 Å². The molecule has 2 aromatic carbocycles. The minimum atomic E-state index is -0.885. The molecule has 0 radical (unpaired) electrons. The predicted octanol–water partition coefficient (Wildman–Crippen LogP) is 1.79. The summed E-state index contributed by atoms with van der Waals surface area (Å²) in [7, 11) is 3.05. The lowest BCUT2D eigenvalue weighted by Crippen LogP contribution is -2.32. The fourth-order valence-electron chi connectivity index (χ4n) is 1.87. The number of methoxy groups -OCH3 is 2. The Bertz CT molecular complexity index is 759. The standard InChI is InChI=1S/C17H17N3O4/c1-23-14-8-5-7-13(10-14)19-16(21)17(22)20-18-11-12-6-3-4-9-15(12)24-2/h3-11H,1-2H3,(H,19,21)(H,20,22)/b18-11+. The molecule has 0 unspecified atom stereocenters. The van der Waals surface area contributed by atoms with E-state index in [1.54, 1.807) is 42.5 Å². The molecule has 7 heteroatoms. The number of ether oxygens (including phenoxy) is 2. The van der Waals surface area contributed by atoms with Gasteiger partial charge in [-0.25, -0.2) is 5.43 Å². The molecule has 0 atom stereocenters. The molecule has 2 rings (SSSR count). The third kappa shape index (κ3) is 4.57. The van der Waals surface area contributed by atoms with Crippen LogP contribution in [0, 0.1) is 0 Å². The van der Waals surface area contributed by atoms with E-state index in [9.17, 15) is 9.59 Å². The molecule has 0 spiro atoms. The second-order valence-corrected chi connectivity index (χ2v) is 4.63. The van der Waals surface area contributed by atoms with E-state index in [0.717, 1.165) is 0 Å². The third-order valence-corrected chi connectivity index (χ3v) is 3.04. The van der Waals surface area contributed by atoms with Gasteiger partial charge in [0.25, 0.3) is 0 Å². The van der Waals surface area contributed by atoms with Crippen LogP contribution < -0.4 is 20.2 Å². The molecule has 2 aromatic rings. The van der Waals surface area contributed by atoms with E-state index in [1.165, 1.54) is 20.4 Å². The molecule has 0 aliphatic heterocycles. The summed E-state index contributed by atoms with van der Waals surface area (Å²) in [6.07, 6.45) is 1.40. The third-order valence-electron chi connectivity index (χ3n) is 3.04. The minimum absolute atomic E-state index is 0.447. The van der Waals surface area contributed by atoms with Gasteiger partial charge in [0.05, 0.1) is 20.4 Å². The fourth-order valence-corrected chi connectivity index (χ4v) is 1.87. The van der Waals surface area contributed by atoms with E-state index < -0.39 is 11.8 Å². The normalized spacial score (nSPS) is 10.2. The quantitative estimate of drug-likeness (QED) is 0.498. The molecular weight excluding hydrogens is 310 g/mol. The van der Waals surface area contributed by atoms with Gasteiger partial charge in [0.1, 0.15) is 11.5 Å². The number of carbonyl (C=O) groups excluding carboxylic acids is 2. The van der Waals surface area contributed by atoms with Crippen LogP contribution in [-0.4, -0.2) is 32.2 Å². The highest BCUT2D eigenvalue weighted by Gasteiger charge is 2.13. The summed E-state index contributed by atoms with van der Waals surface area (Å²) < 4.78 is 10.2. The van der Waals surface area contributed by atoms with E-state index >= 15 is 0 Å². The molecule has 0 saturated carbocycles. The Morgan fingerprint density at radius 1 is 1.00 bits per heavy atom. The smallest absolute Gasteiger partial charge is 0.329 e. The monoisotopic (exact) mass is 327 g/mol. The second-order valence-electron chi connectivity index (χ2n) is 4.63. The van der Waals surface area contributed by atoms with Gasteiger partial charge in [-0.05, 0) is 24.3 Å². The summed E-state index contributed by atoms with van der Waals surface area (Å²) in [6.45, 7) is 0. The van der Waals surface area contributed by atoms with Crippen LogP contribution in [-0.2, 0) is 9.59 Å². The van der Waals surface area contributed by atoms with Crippen molar-refractivity contribution in [3.8, 4) is 11.5 Å². The van der Waals surface area contributed by atoms with Crippen molar-refractivity contribution in [2.75, 3.05) is 19.5 Å². The van der Waals surface area contributed by atoms with Crippen LogP contribution in [0.4, 0.5) is 5.69 Å². The van der Waals surface area contributed by atoms with Crippen LogP contribution in [0.2, 0.25) is 0 Å². The van der Waals surface area contributed by atoms with Gasteiger partial charge in [0.2, 0.25) is 0 Å². The summed E-state index contributed by atoms with van der Waals surface area (Å²) in [5.74, 6) is -0.539. The van der Waals surface area contributed by atoms with Gasteiger partial charge in [-0.1, -0.05) is 18.2 Å². The predicted molar refractivity (Wildman–Crippen MR) is 90.4 cm³/mol. The van der Waals surface area contributed by atoms with Gasteiger partial charge < -0.3 is 14.8 Å². The number of nitrogens with zero attached hydrogens (tertiary/aromatic N) is 1. The molecule has 0 aromatic heterocycles. The number of rotatable bonds is 5. The molecule has 0 bridgehead atoms. The van der Waals surface area contributed by atoms with E-state index in [1.807, 2.05) is 6.07 Å². The Hall–Kier alpha value is -3.35. The minimum Gasteiger partial charge on any atom is -0.497 e. The Morgan fingerprint density at radius 3 is 2.54 bits per heavy atom. The van der Waals surface area contributed by atoms with Crippen molar-refractivity contribution in [2.24, 2.45) is 5.10 Å². The van der Waals surface area contributed by atoms with Crippen molar-refractivity contribution in [1.29, 1.82) is 0 Å². The Balaban J connectivity index is 1.94. The van der Waals surface area contributed by atoms with Crippen LogP contribution in [0.15, 0.2) is 53.6 Å². The zero-order valence-corrected chi connectivity index (χ0v) is 13.3. The Labute approximate surface area is 139 Å². The molecule has 0 aliphatic rings. The van der Waals surface area contributed by atoms with E-state index in [2.05, 4.69) is 15.8 Å². The second kappa shape index (κ2) is 8.33. The molecular formula is C17H17N3O4. The van der Waals surface area contributed by atoms with Crippen LogP contribution in [0.5, 0.6) is 11.5 Å². The number of amides is 2. The number of anilines is 1. The lowest BCUT2D eigenvalue weighted by molar-refractivity contribution is -0.136. The number of carbonyl (C=O) groups is 2. The van der Waals surface area contributed by atoms with Gasteiger partial charge in [-0.3, -0.25) is 9.59 Å². The highest BCUT2D eigenvalue weighted by Crippen LogP contribution is 2.16. The van der Waals surface area contributed by atoms with Crippen molar-refractivity contribution in [2.45, 2.75) is 0 Å². The number of benzene rings is 2. The average molecular weight is 327 g/mol. The first-order chi connectivity index (χ1) is 11.6. The van der Waals surface area contributed by atoms with Gasteiger partial charge in [0.15, 0.2) is 0 Å². The molecule has 2 N–H and O–H groups in total. The van der Waals surface area contributed by atoms with E-state index in [4.69, 9.17) is 9.47 Å². The highest BCUT2D eigenvalue weighted by atomic mass is 16.5. The summed E-state index contributed by atoms with van der Waals surface area (Å²) >= 11 is 0. The summed E-state index contributed by atoms with van der Waals surface area (Å²) in [5.41, 5.74) is 3.28. The van der Waals surface area contributed by atoms with Crippen molar-refractivity contribution in [1.82, 2.24) is 5.43 Å². The van der Waals surface area contributed by atoms with E-state index in [-0.39, 0.29) is 0 Å². The first kappa shape index (κ1) is 17.0. The zero-order valence-electron chi connectivity index (χ0n) is 13.3. The topological polar surface area (TPSA) is 89.0 Å². The fraction of sp³-hybridized carbons (Fsp3) is 0.118. The van der Waals surface area contributed by atoms with Gasteiger partial charge in [-0.15, -0.1) is 0 Å². The van der Waals surface area contributed by atoms with Crippen LogP contribution in [0.3, 0.4) is 0 Å². The Morgan fingerprint density at radius 2 is 1.79 bits per heavy atom. The van der Waals surface area contributed by atoms with Crippen molar-refractivity contribution < 1.29 is 19.1 Å². The summed E-state index contributed by atoms with van der Waals surface area (Å²) in [6, 6.07) is 13.8. The van der Waals surface area contributed by atoms with Crippen LogP contribution >= 0.6 is 0 Å². The number of hydrogen-bond donors (Lipinski definition) is 2. The SMILES string of the molecule is COc1cccc(NC(=O)C(=O)N/N=C/c2ccccc2OC)c1. The molecule has 2 amide bonds. The first-order valence-corrected chi connectivity index (χ1v) is 7.05. The molecule has 0 saturated heterocycles. The Kier molecular flexibility index (Phi) is 5.90. The maximum absolute atomic E-state index is 11.8. The largest absolute Gasteiger partial charge is 0.497 e. The van der Waals surface area contributed by atoms with Gasteiger partial charge >= 0.3 is 11.8 Å². The zero-order chi connectivity index (χ0) is 17.4. The molecule has 124 valence electrons. The van der Waals surface area contributed by atoms with Crippen molar-refractivity contribution in [3.05, 3.63) is 54.1 Å². The molecule has 0 fully saturated rings. The maximum Gasteiger partial charge on any atom is 0.329 e. The van der Waals surface area contributed by atoms with Gasteiger partial charge in [0, 0.05) is 17.3 Å². The lowest BCUT2D eigenvalue weighted by atomic mass is 10.2. The molecule has 24 heavy (non-hydrogen) atoms. The van der Waals surface area contributed by atoms with Crippen molar-refractivity contribution in [3.63, 3.8) is 0 Å². The maximum atomic E-state index is 11.8. The van der Waals surface area contributed by atoms with Crippen molar-refractivity contribution >= 4 is 23.7 Å². The number of hydrogen-bond acceptors (Lipinski definition) is 5.